The highest BCUT2D eigenvalue weighted by Crippen LogP contribution is 2.43. The molecule has 1 aromatic carbocycles. The molecule has 3 rings (SSSR count). The van der Waals surface area contributed by atoms with E-state index in [1.807, 2.05) is 39.0 Å². The molecule has 0 radical (unpaired) electrons. The van der Waals surface area contributed by atoms with Crippen LogP contribution in [-0.4, -0.2) is 59.7 Å². The maximum absolute atomic E-state index is 13.5. The van der Waals surface area contributed by atoms with Crippen LogP contribution < -0.4 is 10.1 Å². The number of carbonyl (C=O) groups is 1. The SMILES string of the molecule is CC.COc1c(C)cccc1CN1OC(CO)[C@@H](CO)[C@H]1C(=O)N[C@H]1CCC(C)(C)[C@@H](C)C1C. The van der Waals surface area contributed by atoms with Crippen molar-refractivity contribution in [2.24, 2.45) is 23.2 Å². The molecule has 1 heterocycles. The van der Waals surface area contributed by atoms with Crippen LogP contribution in [0.4, 0.5) is 0 Å². The molecule has 1 saturated heterocycles. The Bertz CT molecular complexity index is 799. The first-order valence-electron chi connectivity index (χ1n) is 12.7. The van der Waals surface area contributed by atoms with E-state index >= 15 is 0 Å². The third-order valence-corrected chi connectivity index (χ3v) is 8.03. The van der Waals surface area contributed by atoms with Crippen molar-refractivity contribution in [3.8, 4) is 5.75 Å². The minimum Gasteiger partial charge on any atom is -0.496 e. The van der Waals surface area contributed by atoms with Gasteiger partial charge in [-0.05, 0) is 42.6 Å². The van der Waals surface area contributed by atoms with Gasteiger partial charge in [0.15, 0.2) is 0 Å². The Balaban J connectivity index is 0.00000199. The standard InChI is InChI=1S/C25H40N2O5.C2H6/c1-15-8-7-9-18(23(15)31-6)12-27-22(19(13-28)21(14-29)32-27)24(30)26-20-10-11-25(4,5)17(3)16(20)2;1-2/h7-9,16-17,19-22,28-29H,10-14H2,1-6H3,(H,26,30);1-2H3/t16?,17-,19+,20-,21?,22-;/m0./s1. The first-order valence-corrected chi connectivity index (χ1v) is 12.7. The summed E-state index contributed by atoms with van der Waals surface area (Å²) in [6, 6.07) is 5.24. The van der Waals surface area contributed by atoms with E-state index in [1.54, 1.807) is 12.2 Å². The van der Waals surface area contributed by atoms with Crippen LogP contribution in [0.15, 0.2) is 18.2 Å². The summed E-state index contributed by atoms with van der Waals surface area (Å²) < 4.78 is 5.57. The molecular formula is C27H46N2O5. The van der Waals surface area contributed by atoms with Gasteiger partial charge in [0.2, 0.25) is 5.91 Å². The molecule has 1 saturated carbocycles. The lowest BCUT2D eigenvalue weighted by Crippen LogP contribution is -2.54. The molecule has 6 atom stereocenters. The maximum Gasteiger partial charge on any atom is 0.240 e. The van der Waals surface area contributed by atoms with Gasteiger partial charge in [-0.2, -0.15) is 5.06 Å². The quantitative estimate of drug-likeness (QED) is 0.554. The molecule has 0 aromatic heterocycles. The van der Waals surface area contributed by atoms with Crippen molar-refractivity contribution in [1.29, 1.82) is 0 Å². The summed E-state index contributed by atoms with van der Waals surface area (Å²) in [5, 5.41) is 24.8. The Labute approximate surface area is 205 Å². The Morgan fingerprint density at radius 1 is 1.24 bits per heavy atom. The van der Waals surface area contributed by atoms with Crippen molar-refractivity contribution in [3.63, 3.8) is 0 Å². The van der Waals surface area contributed by atoms with E-state index in [9.17, 15) is 15.0 Å². The van der Waals surface area contributed by atoms with Crippen LogP contribution in [0, 0.1) is 30.1 Å². The van der Waals surface area contributed by atoms with Crippen molar-refractivity contribution in [2.75, 3.05) is 20.3 Å². The zero-order chi connectivity index (χ0) is 25.6. The zero-order valence-electron chi connectivity index (χ0n) is 22.3. The second kappa shape index (κ2) is 12.3. The van der Waals surface area contributed by atoms with E-state index in [4.69, 9.17) is 9.57 Å². The van der Waals surface area contributed by atoms with Crippen LogP contribution in [0.3, 0.4) is 0 Å². The highest BCUT2D eigenvalue weighted by atomic mass is 16.7. The third-order valence-electron chi connectivity index (χ3n) is 8.03. The lowest BCUT2D eigenvalue weighted by atomic mass is 9.63. The first kappa shape index (κ1) is 28.6. The molecule has 34 heavy (non-hydrogen) atoms. The maximum atomic E-state index is 13.5. The summed E-state index contributed by atoms with van der Waals surface area (Å²) in [7, 11) is 1.63. The number of amides is 1. The predicted molar refractivity (Wildman–Crippen MR) is 134 cm³/mol. The van der Waals surface area contributed by atoms with Crippen LogP contribution in [-0.2, 0) is 16.2 Å². The molecule has 194 valence electrons. The van der Waals surface area contributed by atoms with Crippen LogP contribution >= 0.6 is 0 Å². The summed E-state index contributed by atoms with van der Waals surface area (Å²) in [6.45, 7) is 14.8. The molecule has 2 aliphatic rings. The largest absolute Gasteiger partial charge is 0.496 e. The van der Waals surface area contributed by atoms with Gasteiger partial charge in [0, 0.05) is 17.5 Å². The second-order valence-corrected chi connectivity index (χ2v) is 10.3. The number of aliphatic hydroxyl groups excluding tert-OH is 2. The summed E-state index contributed by atoms with van der Waals surface area (Å²) in [4.78, 5) is 19.5. The molecule has 1 amide bonds. The first-order chi connectivity index (χ1) is 16.1. The number of hydroxylamine groups is 2. The van der Waals surface area contributed by atoms with Crippen LogP contribution in [0.25, 0.3) is 0 Å². The number of hydrogen-bond donors (Lipinski definition) is 3. The van der Waals surface area contributed by atoms with Crippen LogP contribution in [0.5, 0.6) is 5.75 Å². The minimum absolute atomic E-state index is 0.0772. The number of benzene rings is 1. The molecule has 1 aliphatic heterocycles. The lowest BCUT2D eigenvalue weighted by Gasteiger charge is -2.45. The summed E-state index contributed by atoms with van der Waals surface area (Å²) in [6.07, 6.45) is 1.35. The Morgan fingerprint density at radius 3 is 2.50 bits per heavy atom. The molecule has 1 aliphatic carbocycles. The highest BCUT2D eigenvalue weighted by molar-refractivity contribution is 5.82. The van der Waals surface area contributed by atoms with Crippen molar-refractivity contribution < 1.29 is 24.6 Å². The van der Waals surface area contributed by atoms with Gasteiger partial charge in [-0.25, -0.2) is 0 Å². The number of methoxy groups -OCH3 is 1. The molecule has 7 heteroatoms. The third kappa shape index (κ3) is 5.93. The van der Waals surface area contributed by atoms with Gasteiger partial charge >= 0.3 is 0 Å². The van der Waals surface area contributed by atoms with Crippen molar-refractivity contribution in [1.82, 2.24) is 10.4 Å². The van der Waals surface area contributed by atoms with Gasteiger partial charge in [-0.3, -0.25) is 9.63 Å². The molecule has 3 N–H and O–H groups in total. The summed E-state index contributed by atoms with van der Waals surface area (Å²) in [5.74, 6) is 0.906. The fourth-order valence-corrected chi connectivity index (χ4v) is 5.43. The summed E-state index contributed by atoms with van der Waals surface area (Å²) in [5.41, 5.74) is 2.14. The van der Waals surface area contributed by atoms with Gasteiger partial charge in [0.25, 0.3) is 0 Å². The predicted octanol–water partition coefficient (Wildman–Crippen LogP) is 3.69. The fraction of sp³-hybridized carbons (Fsp3) is 0.741. The number of aryl methyl sites for hydroxylation is 1. The van der Waals surface area contributed by atoms with Gasteiger partial charge in [-0.15, -0.1) is 0 Å². The molecule has 1 aromatic rings. The number of nitrogens with zero attached hydrogens (tertiary/aromatic N) is 1. The minimum atomic E-state index is -0.695. The highest BCUT2D eigenvalue weighted by Gasteiger charge is 2.48. The zero-order valence-corrected chi connectivity index (χ0v) is 22.3. The average molecular weight is 479 g/mol. The van der Waals surface area contributed by atoms with E-state index < -0.39 is 18.1 Å². The van der Waals surface area contributed by atoms with Gasteiger partial charge in [0.1, 0.15) is 17.9 Å². The monoisotopic (exact) mass is 478 g/mol. The Kier molecular flexibility index (Phi) is 10.4. The molecule has 0 bridgehead atoms. The number of carbonyl (C=O) groups excluding carboxylic acids is 1. The van der Waals surface area contributed by atoms with E-state index in [2.05, 4.69) is 33.0 Å². The molecule has 7 nitrogen and oxygen atoms in total. The van der Waals surface area contributed by atoms with E-state index in [1.165, 1.54) is 0 Å². The van der Waals surface area contributed by atoms with Gasteiger partial charge in [0.05, 0.1) is 26.9 Å². The molecular weight excluding hydrogens is 432 g/mol. The number of aliphatic hydroxyl groups is 2. The normalized spacial score (nSPS) is 30.9. The molecule has 0 spiro atoms. The van der Waals surface area contributed by atoms with Crippen molar-refractivity contribution in [3.05, 3.63) is 29.3 Å². The number of hydrogen-bond acceptors (Lipinski definition) is 6. The summed E-state index contributed by atoms with van der Waals surface area (Å²) >= 11 is 0. The topological polar surface area (TPSA) is 91.3 Å². The number of nitrogens with one attached hydrogen (secondary N) is 1. The van der Waals surface area contributed by atoms with E-state index in [-0.39, 0.29) is 30.6 Å². The van der Waals surface area contributed by atoms with Crippen LogP contribution in [0.2, 0.25) is 0 Å². The van der Waals surface area contributed by atoms with Gasteiger partial charge in [-0.1, -0.05) is 59.7 Å². The average Bonchev–Trinajstić information content (AvgIpc) is 3.18. The molecule has 2 unspecified atom stereocenters. The van der Waals surface area contributed by atoms with Gasteiger partial charge < -0.3 is 20.3 Å². The Hall–Kier alpha value is -1.67. The van der Waals surface area contributed by atoms with Crippen molar-refractivity contribution >= 4 is 5.91 Å². The second-order valence-electron chi connectivity index (χ2n) is 10.3. The number of ether oxygens (including phenoxy) is 1. The fourth-order valence-electron chi connectivity index (χ4n) is 5.43. The number of rotatable bonds is 7. The smallest absolute Gasteiger partial charge is 0.240 e. The van der Waals surface area contributed by atoms with Crippen LogP contribution in [0.1, 0.15) is 65.5 Å². The lowest BCUT2D eigenvalue weighted by molar-refractivity contribution is -0.182. The Morgan fingerprint density at radius 2 is 1.91 bits per heavy atom. The molecule has 2 fully saturated rings. The number of para-hydroxylation sites is 1. The van der Waals surface area contributed by atoms with Crippen molar-refractivity contribution in [2.45, 2.75) is 86.0 Å². The van der Waals surface area contributed by atoms with E-state index in [0.29, 0.717) is 18.4 Å². The van der Waals surface area contributed by atoms with E-state index in [0.717, 1.165) is 29.7 Å².